The third-order valence-electron chi connectivity index (χ3n) is 4.14. The Bertz CT molecular complexity index is 814. The lowest BCUT2D eigenvalue weighted by Gasteiger charge is -2.25. The van der Waals surface area contributed by atoms with Crippen LogP contribution in [0.5, 0.6) is 0 Å². The molecule has 1 amide bonds. The van der Waals surface area contributed by atoms with E-state index < -0.39 is 12.0 Å². The van der Waals surface area contributed by atoms with Gasteiger partial charge < -0.3 is 14.8 Å². The molecule has 0 bridgehead atoms. The van der Waals surface area contributed by atoms with Gasteiger partial charge in [-0.2, -0.15) is 0 Å². The van der Waals surface area contributed by atoms with Crippen LogP contribution in [0.3, 0.4) is 0 Å². The zero-order valence-electron chi connectivity index (χ0n) is 12.5. The molecule has 0 saturated carbocycles. The molecule has 1 saturated heterocycles. The number of aliphatic carboxylic acids is 1. The maximum Gasteiger partial charge on any atom is 0.261 e. The van der Waals surface area contributed by atoms with Gasteiger partial charge in [-0.25, -0.2) is 4.98 Å². The van der Waals surface area contributed by atoms with E-state index in [-0.39, 0.29) is 24.4 Å². The lowest BCUT2D eigenvalue weighted by Crippen LogP contribution is -2.47. The predicted molar refractivity (Wildman–Crippen MR) is 80.4 cm³/mol. The number of hydrogen-bond donors (Lipinski definition) is 0. The summed E-state index contributed by atoms with van der Waals surface area (Å²) in [6.07, 6.45) is 2.55. The number of amides is 1. The molecule has 0 N–H and O–H groups in total. The average molecular weight is 314 g/mol. The quantitative estimate of drug-likeness (QED) is 0.760. The fraction of sp³-hybridized carbons (Fsp3) is 0.375. The van der Waals surface area contributed by atoms with Gasteiger partial charge in [0.25, 0.3) is 5.56 Å². The molecule has 1 aromatic carbocycles. The first-order valence-corrected chi connectivity index (χ1v) is 7.52. The number of para-hydroxylation sites is 1. The maximum atomic E-state index is 12.3. The summed E-state index contributed by atoms with van der Waals surface area (Å²) in [4.78, 5) is 41.1. The molecule has 23 heavy (non-hydrogen) atoms. The van der Waals surface area contributed by atoms with Crippen LogP contribution in [0.25, 0.3) is 10.9 Å². The summed E-state index contributed by atoms with van der Waals surface area (Å²) in [6, 6.07) is 6.15. The lowest BCUT2D eigenvalue weighted by atomic mass is 10.2. The topological polar surface area (TPSA) is 95.3 Å². The van der Waals surface area contributed by atoms with Crippen molar-refractivity contribution in [2.75, 3.05) is 6.54 Å². The van der Waals surface area contributed by atoms with Gasteiger partial charge in [-0.3, -0.25) is 14.2 Å². The molecule has 0 radical (unpaired) electrons. The third kappa shape index (κ3) is 2.94. The van der Waals surface area contributed by atoms with Gasteiger partial charge >= 0.3 is 0 Å². The predicted octanol–water partition coefficient (Wildman–Crippen LogP) is -0.472. The zero-order valence-corrected chi connectivity index (χ0v) is 12.5. The van der Waals surface area contributed by atoms with E-state index in [4.69, 9.17) is 0 Å². The molecule has 0 aliphatic carbocycles. The minimum atomic E-state index is -1.22. The van der Waals surface area contributed by atoms with Crippen LogP contribution in [0.2, 0.25) is 0 Å². The largest absolute Gasteiger partial charge is 0.548 e. The Hall–Kier alpha value is -2.70. The van der Waals surface area contributed by atoms with Crippen LogP contribution in [0, 0.1) is 0 Å². The van der Waals surface area contributed by atoms with Gasteiger partial charge in [0.2, 0.25) is 5.91 Å². The highest BCUT2D eigenvalue weighted by molar-refractivity contribution is 5.83. The van der Waals surface area contributed by atoms with Crippen molar-refractivity contribution < 1.29 is 14.7 Å². The summed E-state index contributed by atoms with van der Waals surface area (Å²) >= 11 is 0. The zero-order chi connectivity index (χ0) is 16.4. The molecule has 1 aliphatic rings. The monoisotopic (exact) mass is 314 g/mol. The van der Waals surface area contributed by atoms with E-state index in [1.165, 1.54) is 15.8 Å². The van der Waals surface area contributed by atoms with Crippen molar-refractivity contribution in [3.8, 4) is 0 Å². The van der Waals surface area contributed by atoms with Crippen LogP contribution in [0.4, 0.5) is 0 Å². The summed E-state index contributed by atoms with van der Waals surface area (Å²) in [5, 5.41) is 11.5. The van der Waals surface area contributed by atoms with Crippen LogP contribution >= 0.6 is 0 Å². The van der Waals surface area contributed by atoms with Crippen molar-refractivity contribution in [2.45, 2.75) is 31.8 Å². The molecule has 1 fully saturated rings. The minimum absolute atomic E-state index is 0.0592. The Morgan fingerprint density at radius 2 is 2.09 bits per heavy atom. The molecule has 120 valence electrons. The molecule has 1 atom stereocenters. The highest BCUT2D eigenvalue weighted by Gasteiger charge is 2.29. The third-order valence-corrected chi connectivity index (χ3v) is 4.14. The molecule has 0 unspecified atom stereocenters. The Morgan fingerprint density at radius 3 is 2.87 bits per heavy atom. The van der Waals surface area contributed by atoms with Gasteiger partial charge in [0.1, 0.15) is 0 Å². The number of likely N-dealkylation sites (tertiary alicyclic amines) is 1. The summed E-state index contributed by atoms with van der Waals surface area (Å²) < 4.78 is 1.38. The van der Waals surface area contributed by atoms with E-state index in [9.17, 15) is 19.5 Å². The molecule has 7 nitrogen and oxygen atoms in total. The first-order valence-electron chi connectivity index (χ1n) is 7.52. The standard InChI is InChI=1S/C16H17N3O4/c20-14(19-8-3-6-13(19)16(22)23)7-9-18-10-17-12-5-2-1-4-11(12)15(18)21/h1-2,4-5,10,13H,3,6-9H2,(H,22,23)/p-1/t13-/m0/s1. The Kier molecular flexibility index (Phi) is 4.10. The molecular weight excluding hydrogens is 298 g/mol. The fourth-order valence-electron chi connectivity index (χ4n) is 2.94. The van der Waals surface area contributed by atoms with E-state index in [0.29, 0.717) is 30.3 Å². The number of carboxylic acids is 1. The Balaban J connectivity index is 1.73. The molecule has 1 aliphatic heterocycles. The van der Waals surface area contributed by atoms with Crippen molar-refractivity contribution >= 4 is 22.8 Å². The van der Waals surface area contributed by atoms with Crippen LogP contribution in [0.15, 0.2) is 35.4 Å². The number of rotatable bonds is 4. The summed E-state index contributed by atoms with van der Waals surface area (Å²) in [7, 11) is 0. The number of carbonyl (C=O) groups is 2. The summed E-state index contributed by atoms with van der Waals surface area (Å²) in [5.74, 6) is -1.50. The second kappa shape index (κ2) is 6.20. The van der Waals surface area contributed by atoms with E-state index in [2.05, 4.69) is 4.98 Å². The van der Waals surface area contributed by atoms with Crippen molar-refractivity contribution in [1.29, 1.82) is 0 Å². The van der Waals surface area contributed by atoms with Gasteiger partial charge in [0.05, 0.1) is 29.2 Å². The number of benzene rings is 1. The van der Waals surface area contributed by atoms with Gasteiger partial charge in [-0.15, -0.1) is 0 Å². The van der Waals surface area contributed by atoms with Crippen LogP contribution in [-0.4, -0.2) is 38.9 Å². The summed E-state index contributed by atoms with van der Waals surface area (Å²) in [5.41, 5.74) is 0.401. The fourth-order valence-corrected chi connectivity index (χ4v) is 2.94. The van der Waals surface area contributed by atoms with Gasteiger partial charge in [-0.1, -0.05) is 12.1 Å². The van der Waals surface area contributed by atoms with Crippen LogP contribution in [0.1, 0.15) is 19.3 Å². The lowest BCUT2D eigenvalue weighted by molar-refractivity contribution is -0.310. The number of carboxylic acid groups (broad SMARTS) is 1. The Labute approximate surface area is 132 Å². The second-order valence-electron chi connectivity index (χ2n) is 5.57. The van der Waals surface area contributed by atoms with Crippen LogP contribution < -0.4 is 10.7 Å². The molecule has 3 rings (SSSR count). The number of nitrogens with zero attached hydrogens (tertiary/aromatic N) is 3. The Morgan fingerprint density at radius 1 is 1.30 bits per heavy atom. The van der Waals surface area contributed by atoms with Crippen molar-refractivity contribution in [3.05, 3.63) is 40.9 Å². The average Bonchev–Trinajstić information content (AvgIpc) is 3.04. The minimum Gasteiger partial charge on any atom is -0.548 e. The van der Waals surface area contributed by atoms with Crippen molar-refractivity contribution in [2.24, 2.45) is 0 Å². The number of aryl methyl sites for hydroxylation is 1. The number of carbonyl (C=O) groups excluding carboxylic acids is 2. The maximum absolute atomic E-state index is 12.3. The highest BCUT2D eigenvalue weighted by Crippen LogP contribution is 2.17. The van der Waals surface area contributed by atoms with Gasteiger partial charge in [-0.05, 0) is 25.0 Å². The van der Waals surface area contributed by atoms with Crippen LogP contribution in [-0.2, 0) is 16.1 Å². The van der Waals surface area contributed by atoms with E-state index in [1.807, 2.05) is 0 Å². The molecule has 2 heterocycles. The van der Waals surface area contributed by atoms with Gasteiger partial charge in [0, 0.05) is 19.5 Å². The van der Waals surface area contributed by atoms with E-state index >= 15 is 0 Å². The van der Waals surface area contributed by atoms with Crippen molar-refractivity contribution in [1.82, 2.24) is 14.5 Å². The van der Waals surface area contributed by atoms with E-state index in [1.54, 1.807) is 24.3 Å². The number of hydrogen-bond acceptors (Lipinski definition) is 5. The molecule has 1 aromatic heterocycles. The SMILES string of the molecule is O=C([O-])[C@@H]1CCCN1C(=O)CCn1cnc2ccccc2c1=O. The second-order valence-corrected chi connectivity index (χ2v) is 5.57. The molecule has 2 aromatic rings. The highest BCUT2D eigenvalue weighted by atomic mass is 16.4. The summed E-state index contributed by atoms with van der Waals surface area (Å²) in [6.45, 7) is 0.591. The number of fused-ring (bicyclic) bond motifs is 1. The first-order chi connectivity index (χ1) is 11.1. The van der Waals surface area contributed by atoms with Gasteiger partial charge in [0.15, 0.2) is 0 Å². The van der Waals surface area contributed by atoms with E-state index in [0.717, 1.165) is 0 Å². The first kappa shape index (κ1) is 15.2. The molecular formula is C16H16N3O4-. The smallest absolute Gasteiger partial charge is 0.261 e. The number of aromatic nitrogens is 2. The normalized spacial score (nSPS) is 17.6. The molecule has 7 heteroatoms. The molecule has 0 spiro atoms. The van der Waals surface area contributed by atoms with Crippen molar-refractivity contribution in [3.63, 3.8) is 0 Å².